The summed E-state index contributed by atoms with van der Waals surface area (Å²) < 4.78 is 0. The summed E-state index contributed by atoms with van der Waals surface area (Å²) >= 11 is 1.36. The van der Waals surface area contributed by atoms with Crippen molar-refractivity contribution in [2.24, 2.45) is 5.92 Å². The molecule has 2 aliphatic heterocycles. The summed E-state index contributed by atoms with van der Waals surface area (Å²) in [6.07, 6.45) is 0. The number of nitrogens with zero attached hydrogens (tertiary/aromatic N) is 3. The Morgan fingerprint density at radius 2 is 1.57 bits per heavy atom. The number of urea groups is 1. The fourth-order valence-corrected chi connectivity index (χ4v) is 7.09. The summed E-state index contributed by atoms with van der Waals surface area (Å²) in [7, 11) is 0. The normalized spacial score (nSPS) is 21.9. The van der Waals surface area contributed by atoms with Crippen molar-refractivity contribution in [3.63, 3.8) is 0 Å². The highest BCUT2D eigenvalue weighted by atomic mass is 32.1. The van der Waals surface area contributed by atoms with E-state index >= 15 is 0 Å². The van der Waals surface area contributed by atoms with Crippen LogP contribution in [0.2, 0.25) is 0 Å². The number of amides is 3. The molecule has 7 heteroatoms. The maximum atomic E-state index is 14.4. The number of Topliss-reactive ketones (excluding diaryl/α,β-unsaturated/α-hetero) is 1. The fourth-order valence-electron chi connectivity index (χ4n) is 6.38. The lowest BCUT2D eigenvalue weighted by atomic mass is 9.76. The van der Waals surface area contributed by atoms with E-state index in [1.807, 2.05) is 73.0 Å². The van der Waals surface area contributed by atoms with Crippen LogP contribution >= 0.6 is 11.3 Å². The molecule has 1 aromatic heterocycles. The summed E-state index contributed by atoms with van der Waals surface area (Å²) in [5.41, 5.74) is 4.56. The number of anilines is 1. The maximum absolute atomic E-state index is 14.4. The van der Waals surface area contributed by atoms with Crippen LogP contribution in [0.4, 0.5) is 10.5 Å². The molecule has 0 aliphatic carbocycles. The van der Waals surface area contributed by atoms with Gasteiger partial charge in [0.25, 0.3) is 5.91 Å². The summed E-state index contributed by atoms with van der Waals surface area (Å²) in [6, 6.07) is 26.3. The fraction of sp³-hybridized carbons (Fsp3) is 0.257. The van der Waals surface area contributed by atoms with Crippen LogP contribution < -0.4 is 4.90 Å². The topological polar surface area (TPSA) is 81.5 Å². The average Bonchev–Trinajstić information content (AvgIpc) is 3.69. The Bertz CT molecular complexity index is 1710. The number of carbonyl (C=O) groups excluding carboxylic acids is 3. The molecule has 6 rings (SSSR count). The second-order valence-electron chi connectivity index (χ2n) is 12.1. The van der Waals surface area contributed by atoms with Crippen LogP contribution in [0.3, 0.4) is 0 Å². The standard InChI is InChI=1S/C35H31N3O3S/c1-21-7-5-8-26(19-21)37-33(40)31-28(23-12-10-22(20-36)11-13-23)29(32(39)27-9-6-18-42-27)30(38(31)34(37)41)24-14-16-25(17-15-24)35(2,3)4/h5-19,28-31H,1-4H3. The quantitative estimate of drug-likeness (QED) is 0.184. The number of benzene rings is 3. The molecule has 0 radical (unpaired) electrons. The summed E-state index contributed by atoms with van der Waals surface area (Å²) in [6.45, 7) is 8.34. The lowest BCUT2D eigenvalue weighted by Gasteiger charge is -2.29. The number of thiophene rings is 1. The molecule has 2 fully saturated rings. The van der Waals surface area contributed by atoms with Crippen LogP contribution in [0.15, 0.2) is 90.3 Å². The summed E-state index contributed by atoms with van der Waals surface area (Å²) in [5, 5.41) is 11.3. The molecule has 42 heavy (non-hydrogen) atoms. The largest absolute Gasteiger partial charge is 0.332 e. The third-order valence-electron chi connectivity index (χ3n) is 8.42. The number of aryl methyl sites for hydroxylation is 1. The SMILES string of the molecule is Cc1cccc(N2C(=O)C3C(c4ccc(C#N)cc4)C(C(=O)c4cccs4)C(c4ccc(C(C)(C)C)cc4)N3C2=O)c1. The van der Waals surface area contributed by atoms with Gasteiger partial charge in [-0.1, -0.05) is 75.4 Å². The Hall–Kier alpha value is -4.54. The molecular weight excluding hydrogens is 542 g/mol. The van der Waals surface area contributed by atoms with Crippen molar-refractivity contribution >= 4 is 34.7 Å². The second-order valence-corrected chi connectivity index (χ2v) is 13.0. The van der Waals surface area contributed by atoms with Gasteiger partial charge < -0.3 is 4.90 Å². The number of hydrogen-bond acceptors (Lipinski definition) is 5. The monoisotopic (exact) mass is 573 g/mol. The van der Waals surface area contributed by atoms with E-state index in [4.69, 9.17) is 0 Å². The van der Waals surface area contributed by atoms with Gasteiger partial charge in [-0.15, -0.1) is 11.3 Å². The molecule has 3 amide bonds. The minimum atomic E-state index is -0.882. The van der Waals surface area contributed by atoms with E-state index in [-0.39, 0.29) is 17.1 Å². The zero-order chi connectivity index (χ0) is 29.8. The van der Waals surface area contributed by atoms with Crippen LogP contribution in [0.5, 0.6) is 0 Å². The van der Waals surface area contributed by atoms with Crippen LogP contribution in [-0.2, 0) is 10.2 Å². The van der Waals surface area contributed by atoms with Crippen molar-refractivity contribution in [1.82, 2.24) is 4.90 Å². The lowest BCUT2D eigenvalue weighted by molar-refractivity contribution is -0.119. The van der Waals surface area contributed by atoms with Crippen LogP contribution in [0, 0.1) is 24.2 Å². The average molecular weight is 574 g/mol. The summed E-state index contributed by atoms with van der Waals surface area (Å²) in [4.78, 5) is 46.5. The van der Waals surface area contributed by atoms with Gasteiger partial charge in [-0.25, -0.2) is 9.69 Å². The zero-order valence-electron chi connectivity index (χ0n) is 23.9. The number of carbonyl (C=O) groups is 3. The number of fused-ring (bicyclic) bond motifs is 1. The molecule has 0 N–H and O–H groups in total. The van der Waals surface area contributed by atoms with Crippen molar-refractivity contribution in [1.29, 1.82) is 5.26 Å². The van der Waals surface area contributed by atoms with Gasteiger partial charge in [0.2, 0.25) is 0 Å². The first-order valence-corrected chi connectivity index (χ1v) is 14.9. The van der Waals surface area contributed by atoms with E-state index in [2.05, 4.69) is 26.8 Å². The first-order chi connectivity index (χ1) is 20.1. The highest BCUT2D eigenvalue weighted by Crippen LogP contribution is 2.54. The Morgan fingerprint density at radius 3 is 2.17 bits per heavy atom. The minimum Gasteiger partial charge on any atom is -0.303 e. The minimum absolute atomic E-state index is 0.0741. The molecule has 6 nitrogen and oxygen atoms in total. The van der Waals surface area contributed by atoms with Gasteiger partial charge >= 0.3 is 6.03 Å². The summed E-state index contributed by atoms with van der Waals surface area (Å²) in [5.74, 6) is -1.75. The first-order valence-electron chi connectivity index (χ1n) is 14.0. The third kappa shape index (κ3) is 4.53. The number of hydrogen-bond donors (Lipinski definition) is 0. The van der Waals surface area contributed by atoms with Crippen molar-refractivity contribution in [3.8, 4) is 6.07 Å². The molecule has 0 bridgehead atoms. The van der Waals surface area contributed by atoms with Crippen molar-refractivity contribution in [3.05, 3.63) is 123 Å². The van der Waals surface area contributed by atoms with E-state index in [1.165, 1.54) is 16.2 Å². The second kappa shape index (κ2) is 10.4. The highest BCUT2D eigenvalue weighted by molar-refractivity contribution is 7.12. The number of imide groups is 1. The first kappa shape index (κ1) is 27.6. The zero-order valence-corrected chi connectivity index (χ0v) is 24.8. The van der Waals surface area contributed by atoms with Crippen LogP contribution in [-0.4, -0.2) is 28.7 Å². The Balaban J connectivity index is 1.56. The molecule has 3 aromatic carbocycles. The van der Waals surface area contributed by atoms with Crippen LogP contribution in [0.25, 0.3) is 0 Å². The number of rotatable bonds is 5. The van der Waals surface area contributed by atoms with E-state index < -0.39 is 30.0 Å². The van der Waals surface area contributed by atoms with E-state index in [0.29, 0.717) is 16.1 Å². The molecule has 2 aliphatic rings. The van der Waals surface area contributed by atoms with Gasteiger partial charge in [-0.05, 0) is 70.3 Å². The lowest BCUT2D eigenvalue weighted by Crippen LogP contribution is -2.38. The van der Waals surface area contributed by atoms with Gasteiger partial charge in [-0.3, -0.25) is 9.59 Å². The smallest absolute Gasteiger partial charge is 0.303 e. The molecular formula is C35H31N3O3S. The number of nitriles is 1. The maximum Gasteiger partial charge on any atom is 0.332 e. The molecule has 2 saturated heterocycles. The van der Waals surface area contributed by atoms with Gasteiger partial charge in [-0.2, -0.15) is 5.26 Å². The van der Waals surface area contributed by atoms with E-state index in [9.17, 15) is 19.6 Å². The molecule has 4 atom stereocenters. The van der Waals surface area contributed by atoms with Gasteiger partial charge in [0.05, 0.1) is 34.2 Å². The highest BCUT2D eigenvalue weighted by Gasteiger charge is 2.63. The predicted molar refractivity (Wildman–Crippen MR) is 164 cm³/mol. The van der Waals surface area contributed by atoms with Crippen LogP contribution in [0.1, 0.15) is 70.2 Å². The molecule has 4 aromatic rings. The van der Waals surface area contributed by atoms with Gasteiger partial charge in [0.1, 0.15) is 6.04 Å². The van der Waals surface area contributed by atoms with Crippen molar-refractivity contribution < 1.29 is 14.4 Å². The van der Waals surface area contributed by atoms with E-state index in [0.717, 1.165) is 22.3 Å². The molecule has 0 spiro atoms. The molecule has 3 heterocycles. The Labute approximate surface area is 249 Å². The predicted octanol–water partition coefficient (Wildman–Crippen LogP) is 7.40. The molecule has 4 unspecified atom stereocenters. The number of ketones is 1. The van der Waals surface area contributed by atoms with Crippen molar-refractivity contribution in [2.75, 3.05) is 4.90 Å². The Morgan fingerprint density at radius 1 is 0.881 bits per heavy atom. The van der Waals surface area contributed by atoms with Gasteiger partial charge in [0.15, 0.2) is 5.78 Å². The van der Waals surface area contributed by atoms with E-state index in [1.54, 1.807) is 29.2 Å². The van der Waals surface area contributed by atoms with Crippen molar-refractivity contribution in [2.45, 2.75) is 51.1 Å². The molecule has 0 saturated carbocycles. The van der Waals surface area contributed by atoms with Gasteiger partial charge in [0, 0.05) is 5.92 Å². The Kier molecular flexibility index (Phi) is 6.83. The molecule has 210 valence electrons. The third-order valence-corrected chi connectivity index (χ3v) is 9.31.